The molecule has 0 heterocycles. The van der Waals surface area contributed by atoms with Gasteiger partial charge >= 0.3 is 6.18 Å². The maximum Gasteiger partial charge on any atom is 0.411 e. The summed E-state index contributed by atoms with van der Waals surface area (Å²) in [5.74, 6) is -0.457. The van der Waals surface area contributed by atoms with Crippen molar-refractivity contribution in [3.63, 3.8) is 0 Å². The van der Waals surface area contributed by atoms with Crippen LogP contribution in [0.3, 0.4) is 0 Å². The van der Waals surface area contributed by atoms with Crippen LogP contribution in [0.15, 0.2) is 22.7 Å². The first-order valence-electron chi connectivity index (χ1n) is 5.73. The van der Waals surface area contributed by atoms with Gasteiger partial charge in [0.1, 0.15) is 11.6 Å². The van der Waals surface area contributed by atoms with E-state index in [1.165, 1.54) is 0 Å². The van der Waals surface area contributed by atoms with Crippen molar-refractivity contribution in [2.45, 2.75) is 12.6 Å². The molecule has 0 aliphatic rings. The van der Waals surface area contributed by atoms with Crippen molar-refractivity contribution in [1.29, 1.82) is 0 Å². The number of hydrogen-bond donors (Lipinski definition) is 2. The van der Waals surface area contributed by atoms with E-state index in [9.17, 15) is 18.0 Å². The predicted molar refractivity (Wildman–Crippen MR) is 80.2 cm³/mol. The van der Waals surface area contributed by atoms with E-state index in [1.54, 1.807) is 18.2 Å². The van der Waals surface area contributed by atoms with Crippen molar-refractivity contribution in [1.82, 2.24) is 0 Å². The lowest BCUT2D eigenvalue weighted by molar-refractivity contribution is -0.174. The fourth-order valence-electron chi connectivity index (χ4n) is 1.34. The lowest BCUT2D eigenvalue weighted by atomic mass is 10.2. The van der Waals surface area contributed by atoms with E-state index in [0.29, 0.717) is 15.7 Å². The normalized spacial score (nSPS) is 11.2. The average Bonchev–Trinajstić information content (AvgIpc) is 2.36. The van der Waals surface area contributed by atoms with E-state index in [4.69, 9.17) is 18.0 Å². The molecule has 3 N–H and O–H groups in total. The Kier molecular flexibility index (Phi) is 6.56. The summed E-state index contributed by atoms with van der Waals surface area (Å²) in [5.41, 5.74) is 6.56. The fourth-order valence-corrected chi connectivity index (χ4v) is 1.94. The van der Waals surface area contributed by atoms with Crippen LogP contribution in [-0.4, -0.2) is 30.3 Å². The van der Waals surface area contributed by atoms with Gasteiger partial charge in [-0.25, -0.2) is 0 Å². The highest BCUT2D eigenvalue weighted by atomic mass is 79.9. The van der Waals surface area contributed by atoms with Crippen LogP contribution >= 0.6 is 28.1 Å². The van der Waals surface area contributed by atoms with Crippen LogP contribution in [0.1, 0.15) is 12.0 Å². The van der Waals surface area contributed by atoms with Gasteiger partial charge in [0.05, 0.1) is 18.7 Å². The Morgan fingerprint density at radius 3 is 2.62 bits per heavy atom. The topological polar surface area (TPSA) is 64.3 Å². The van der Waals surface area contributed by atoms with Gasteiger partial charge in [-0.1, -0.05) is 12.2 Å². The molecule has 1 aromatic carbocycles. The number of carbonyl (C=O) groups is 1. The molecule has 1 rings (SSSR count). The molecule has 0 unspecified atom stereocenters. The summed E-state index contributed by atoms with van der Waals surface area (Å²) < 4.78 is 40.4. The van der Waals surface area contributed by atoms with E-state index in [2.05, 4.69) is 26.0 Å². The highest BCUT2D eigenvalue weighted by Gasteiger charge is 2.27. The summed E-state index contributed by atoms with van der Waals surface area (Å²) in [7, 11) is 0. The van der Waals surface area contributed by atoms with Gasteiger partial charge in [0.25, 0.3) is 0 Å². The number of rotatable bonds is 6. The maximum atomic E-state index is 11.8. The SMILES string of the molecule is NC(=S)c1ccc(NC(=O)CCOCC(F)(F)F)c(Br)c1. The summed E-state index contributed by atoms with van der Waals surface area (Å²) in [6.45, 7) is -1.68. The maximum absolute atomic E-state index is 11.8. The molecular weight excluding hydrogens is 373 g/mol. The molecule has 4 nitrogen and oxygen atoms in total. The van der Waals surface area contributed by atoms with Crippen molar-refractivity contribution < 1.29 is 22.7 Å². The number of carbonyl (C=O) groups excluding carboxylic acids is 1. The molecule has 0 aliphatic heterocycles. The number of halogens is 4. The summed E-state index contributed by atoms with van der Waals surface area (Å²) in [4.78, 5) is 11.8. The molecule has 0 fully saturated rings. The van der Waals surface area contributed by atoms with Crippen LogP contribution in [0, 0.1) is 0 Å². The molecular formula is C12H12BrF3N2O2S. The minimum atomic E-state index is -4.39. The third-order valence-electron chi connectivity index (χ3n) is 2.27. The zero-order valence-corrected chi connectivity index (χ0v) is 13.1. The minimum absolute atomic E-state index is 0.181. The van der Waals surface area contributed by atoms with Crippen LogP contribution in [0.4, 0.5) is 18.9 Å². The third kappa shape index (κ3) is 6.87. The third-order valence-corrected chi connectivity index (χ3v) is 3.16. The van der Waals surface area contributed by atoms with Crippen LogP contribution in [0.25, 0.3) is 0 Å². The number of nitrogens with one attached hydrogen (secondary N) is 1. The number of hydrogen-bond acceptors (Lipinski definition) is 3. The van der Waals surface area contributed by atoms with Gasteiger partial charge in [-0.2, -0.15) is 13.2 Å². The Bertz CT molecular complexity index is 538. The zero-order valence-electron chi connectivity index (χ0n) is 10.7. The number of benzene rings is 1. The van der Waals surface area contributed by atoms with Crippen molar-refractivity contribution >= 4 is 44.7 Å². The summed E-state index contributed by atoms with van der Waals surface area (Å²) >= 11 is 8.06. The first-order valence-corrected chi connectivity index (χ1v) is 6.93. The Morgan fingerprint density at radius 1 is 1.43 bits per heavy atom. The van der Waals surface area contributed by atoms with Crippen LogP contribution in [0.5, 0.6) is 0 Å². The quantitative estimate of drug-likeness (QED) is 0.584. The molecule has 0 saturated heterocycles. The summed E-state index contributed by atoms with van der Waals surface area (Å²) in [6.07, 6.45) is -4.57. The van der Waals surface area contributed by atoms with E-state index in [1.807, 2.05) is 0 Å². The number of alkyl halides is 3. The van der Waals surface area contributed by atoms with E-state index >= 15 is 0 Å². The largest absolute Gasteiger partial charge is 0.411 e. The van der Waals surface area contributed by atoms with Crippen molar-refractivity contribution in [2.24, 2.45) is 5.73 Å². The number of anilines is 1. The first-order chi connectivity index (χ1) is 9.69. The Morgan fingerprint density at radius 2 is 2.10 bits per heavy atom. The first kappa shape index (κ1) is 17.9. The standard InChI is InChI=1S/C12H12BrF3N2O2S/c13-8-5-7(11(17)21)1-2-9(8)18-10(19)3-4-20-6-12(14,15)16/h1-2,5H,3-4,6H2,(H2,17,21)(H,18,19). The van der Waals surface area contributed by atoms with Crippen LogP contribution in [-0.2, 0) is 9.53 Å². The zero-order chi connectivity index (χ0) is 16.0. The van der Waals surface area contributed by atoms with Gasteiger partial charge in [0, 0.05) is 10.0 Å². The van der Waals surface area contributed by atoms with E-state index in [-0.39, 0.29) is 18.0 Å². The molecule has 0 saturated carbocycles. The second kappa shape index (κ2) is 7.71. The van der Waals surface area contributed by atoms with Gasteiger partial charge in [-0.15, -0.1) is 0 Å². The number of thiocarbonyl (C=S) groups is 1. The smallest absolute Gasteiger partial charge is 0.389 e. The molecule has 9 heteroatoms. The van der Waals surface area contributed by atoms with Crippen molar-refractivity contribution in [3.05, 3.63) is 28.2 Å². The molecule has 0 spiro atoms. The highest BCUT2D eigenvalue weighted by Crippen LogP contribution is 2.24. The van der Waals surface area contributed by atoms with Crippen LogP contribution < -0.4 is 11.1 Å². The lowest BCUT2D eigenvalue weighted by Crippen LogP contribution is -2.20. The molecule has 1 amide bonds. The van der Waals surface area contributed by atoms with Gasteiger partial charge in [0.15, 0.2) is 0 Å². The summed E-state index contributed by atoms with van der Waals surface area (Å²) in [5, 5.41) is 2.54. The second-order valence-electron chi connectivity index (χ2n) is 4.02. The fraction of sp³-hybridized carbons (Fsp3) is 0.333. The molecule has 0 aromatic heterocycles. The lowest BCUT2D eigenvalue weighted by Gasteiger charge is -2.10. The number of amides is 1. The monoisotopic (exact) mass is 384 g/mol. The Balaban J connectivity index is 2.46. The molecule has 1 aromatic rings. The number of ether oxygens (including phenoxy) is 1. The van der Waals surface area contributed by atoms with Gasteiger partial charge in [0.2, 0.25) is 5.91 Å². The highest BCUT2D eigenvalue weighted by molar-refractivity contribution is 9.10. The van der Waals surface area contributed by atoms with Crippen LogP contribution in [0.2, 0.25) is 0 Å². The molecule has 0 bridgehead atoms. The van der Waals surface area contributed by atoms with Gasteiger partial charge in [-0.3, -0.25) is 4.79 Å². The summed E-state index contributed by atoms with van der Waals surface area (Å²) in [6, 6.07) is 4.86. The van der Waals surface area contributed by atoms with Crippen molar-refractivity contribution in [3.8, 4) is 0 Å². The Labute approximate surface area is 133 Å². The molecule has 116 valence electrons. The van der Waals surface area contributed by atoms with E-state index < -0.39 is 18.7 Å². The second-order valence-corrected chi connectivity index (χ2v) is 5.32. The number of nitrogens with two attached hydrogens (primary N) is 1. The van der Waals surface area contributed by atoms with Gasteiger partial charge < -0.3 is 15.8 Å². The Hall–Kier alpha value is -1.19. The predicted octanol–water partition coefficient (Wildman–Crippen LogP) is 2.99. The van der Waals surface area contributed by atoms with Gasteiger partial charge in [-0.05, 0) is 34.1 Å². The minimum Gasteiger partial charge on any atom is -0.389 e. The average molecular weight is 385 g/mol. The molecule has 0 atom stereocenters. The van der Waals surface area contributed by atoms with E-state index in [0.717, 1.165) is 0 Å². The van der Waals surface area contributed by atoms with Crippen molar-refractivity contribution in [2.75, 3.05) is 18.5 Å². The molecule has 21 heavy (non-hydrogen) atoms. The molecule has 0 radical (unpaired) electrons. The molecule has 0 aliphatic carbocycles.